The Kier molecular flexibility index (Phi) is 4.50. The lowest BCUT2D eigenvalue weighted by atomic mass is 9.97. The predicted molar refractivity (Wildman–Crippen MR) is 82.9 cm³/mol. The lowest BCUT2D eigenvalue weighted by Crippen LogP contribution is -2.51. The molecule has 0 saturated heterocycles. The van der Waals surface area contributed by atoms with Gasteiger partial charge in [0.1, 0.15) is 6.04 Å². The maximum atomic E-state index is 12.6. The van der Waals surface area contributed by atoms with Gasteiger partial charge in [-0.1, -0.05) is 38.5 Å². The minimum absolute atomic E-state index is 0.100. The molecule has 114 valence electrons. The number of hydrogen-bond acceptors (Lipinski definition) is 2. The van der Waals surface area contributed by atoms with Gasteiger partial charge in [-0.2, -0.15) is 0 Å². The third-order valence-corrected chi connectivity index (χ3v) is 4.03. The van der Waals surface area contributed by atoms with E-state index in [-0.39, 0.29) is 17.9 Å². The summed E-state index contributed by atoms with van der Waals surface area (Å²) in [6, 6.07) is 7.06. The predicted octanol–water partition coefficient (Wildman–Crippen LogP) is 2.54. The molecule has 0 aliphatic carbocycles. The molecule has 21 heavy (non-hydrogen) atoms. The van der Waals surface area contributed by atoms with Crippen LogP contribution in [0.3, 0.4) is 0 Å². The van der Waals surface area contributed by atoms with Crippen molar-refractivity contribution in [3.8, 4) is 0 Å². The van der Waals surface area contributed by atoms with Crippen LogP contribution in [0.25, 0.3) is 0 Å². The zero-order valence-corrected chi connectivity index (χ0v) is 13.1. The highest BCUT2D eigenvalue weighted by Crippen LogP contribution is 2.27. The minimum atomic E-state index is -0.447. The highest BCUT2D eigenvalue weighted by Gasteiger charge is 2.37. The first-order valence-corrected chi connectivity index (χ1v) is 7.32. The Bertz CT molecular complexity index is 542. The first-order chi connectivity index (χ1) is 9.95. The van der Waals surface area contributed by atoms with Gasteiger partial charge in [0.25, 0.3) is 0 Å². The third-order valence-electron chi connectivity index (χ3n) is 4.03. The van der Waals surface area contributed by atoms with Crippen LogP contribution in [0.1, 0.15) is 25.8 Å². The van der Waals surface area contributed by atoms with Gasteiger partial charge in [0.2, 0.25) is 5.91 Å². The van der Waals surface area contributed by atoms with E-state index in [1.54, 1.807) is 19.0 Å². The van der Waals surface area contributed by atoms with Crippen LogP contribution in [0.5, 0.6) is 0 Å². The summed E-state index contributed by atoms with van der Waals surface area (Å²) < 4.78 is 0. The molecule has 1 aromatic carbocycles. The van der Waals surface area contributed by atoms with Gasteiger partial charge < -0.3 is 15.1 Å². The topological polar surface area (TPSA) is 52.7 Å². The molecule has 0 bridgehead atoms. The van der Waals surface area contributed by atoms with Gasteiger partial charge in [-0.25, -0.2) is 4.79 Å². The molecule has 0 fully saturated rings. The summed E-state index contributed by atoms with van der Waals surface area (Å²) in [5.41, 5.74) is 1.76. The van der Waals surface area contributed by atoms with Crippen molar-refractivity contribution < 1.29 is 9.59 Å². The molecule has 5 nitrogen and oxygen atoms in total. The van der Waals surface area contributed by atoms with Crippen LogP contribution in [-0.2, 0) is 11.3 Å². The first kappa shape index (κ1) is 15.4. The number of fused-ring (bicyclic) bond motifs is 1. The molecule has 1 aromatic rings. The number of urea groups is 1. The Hall–Kier alpha value is -2.04. The Labute approximate surface area is 125 Å². The summed E-state index contributed by atoms with van der Waals surface area (Å²) in [6.07, 6.45) is 0.839. The van der Waals surface area contributed by atoms with E-state index in [9.17, 15) is 9.59 Å². The van der Waals surface area contributed by atoms with Crippen LogP contribution in [0.2, 0.25) is 0 Å². The van der Waals surface area contributed by atoms with Crippen LogP contribution < -0.4 is 5.32 Å². The standard InChI is InChI=1S/C16H23N3O2/c1-5-11(2)14-15(20)17-13-9-7-6-8-12(13)10-19(14)16(21)18(3)4/h6-9,11,14H,5,10H2,1-4H3,(H,17,20). The Balaban J connectivity index is 2.44. The molecule has 1 heterocycles. The zero-order valence-electron chi connectivity index (χ0n) is 13.1. The molecule has 0 radical (unpaired) electrons. The van der Waals surface area contributed by atoms with Gasteiger partial charge in [-0.05, 0) is 17.5 Å². The summed E-state index contributed by atoms with van der Waals surface area (Å²) in [5.74, 6) is -0.00675. The van der Waals surface area contributed by atoms with E-state index in [2.05, 4.69) is 5.32 Å². The number of rotatable bonds is 2. The van der Waals surface area contributed by atoms with Gasteiger partial charge in [0, 0.05) is 19.8 Å². The third kappa shape index (κ3) is 3.01. The van der Waals surface area contributed by atoms with Crippen LogP contribution in [-0.4, -0.2) is 41.9 Å². The fourth-order valence-corrected chi connectivity index (χ4v) is 2.64. The fraction of sp³-hybridized carbons (Fsp3) is 0.500. The zero-order chi connectivity index (χ0) is 15.6. The number of anilines is 1. The summed E-state index contributed by atoms with van der Waals surface area (Å²) >= 11 is 0. The number of nitrogens with zero attached hydrogens (tertiary/aromatic N) is 2. The highest BCUT2D eigenvalue weighted by molar-refractivity contribution is 5.98. The molecular weight excluding hydrogens is 266 g/mol. The van der Waals surface area contributed by atoms with Crippen molar-refractivity contribution in [1.82, 2.24) is 9.80 Å². The number of carbonyl (C=O) groups is 2. The van der Waals surface area contributed by atoms with Gasteiger partial charge in [-0.15, -0.1) is 0 Å². The molecule has 0 aromatic heterocycles. The van der Waals surface area contributed by atoms with Gasteiger partial charge >= 0.3 is 6.03 Å². The average molecular weight is 289 g/mol. The second-order valence-electron chi connectivity index (χ2n) is 5.78. The Morgan fingerprint density at radius 2 is 2.10 bits per heavy atom. The molecule has 1 N–H and O–H groups in total. The first-order valence-electron chi connectivity index (χ1n) is 7.32. The van der Waals surface area contributed by atoms with Crippen molar-refractivity contribution in [2.24, 2.45) is 5.92 Å². The SMILES string of the molecule is CCC(C)C1C(=O)Nc2ccccc2CN1C(=O)N(C)C. The van der Waals surface area contributed by atoms with E-state index < -0.39 is 6.04 Å². The quantitative estimate of drug-likeness (QED) is 0.909. The van der Waals surface area contributed by atoms with E-state index in [1.165, 1.54) is 4.90 Å². The van der Waals surface area contributed by atoms with Crippen molar-refractivity contribution in [3.63, 3.8) is 0 Å². The van der Waals surface area contributed by atoms with Crippen LogP contribution >= 0.6 is 0 Å². The number of hydrogen-bond donors (Lipinski definition) is 1. The smallest absolute Gasteiger partial charge is 0.320 e. The molecule has 1 aliphatic heterocycles. The molecule has 1 aliphatic rings. The Morgan fingerprint density at radius 3 is 2.71 bits per heavy atom. The molecule has 2 unspecified atom stereocenters. The number of nitrogens with one attached hydrogen (secondary N) is 1. The van der Waals surface area contributed by atoms with Crippen molar-refractivity contribution >= 4 is 17.6 Å². The van der Waals surface area contributed by atoms with Gasteiger partial charge in [-0.3, -0.25) is 4.79 Å². The molecule has 5 heteroatoms. The largest absolute Gasteiger partial charge is 0.331 e. The number of amides is 3. The normalized spacial score (nSPS) is 19.3. The lowest BCUT2D eigenvalue weighted by molar-refractivity contribution is -0.122. The second kappa shape index (κ2) is 6.16. The van der Waals surface area contributed by atoms with E-state index >= 15 is 0 Å². The molecule has 2 atom stereocenters. The van der Waals surface area contributed by atoms with Gasteiger partial charge in [0.15, 0.2) is 0 Å². The number of para-hydroxylation sites is 1. The summed E-state index contributed by atoms with van der Waals surface area (Å²) in [5, 5.41) is 2.96. The van der Waals surface area contributed by atoms with Crippen LogP contribution in [0.4, 0.5) is 10.5 Å². The number of benzene rings is 1. The average Bonchev–Trinajstić information content (AvgIpc) is 2.61. The molecule has 3 amide bonds. The molecule has 0 saturated carbocycles. The minimum Gasteiger partial charge on any atom is -0.331 e. The van der Waals surface area contributed by atoms with E-state index in [4.69, 9.17) is 0 Å². The Morgan fingerprint density at radius 1 is 1.43 bits per heavy atom. The van der Waals surface area contributed by atoms with Gasteiger partial charge in [0.05, 0.1) is 6.54 Å². The van der Waals surface area contributed by atoms with Crippen LogP contribution in [0.15, 0.2) is 24.3 Å². The molecule has 2 rings (SSSR count). The summed E-state index contributed by atoms with van der Waals surface area (Å²) in [6.45, 7) is 4.49. The molecule has 0 spiro atoms. The van der Waals surface area contributed by atoms with E-state index in [1.807, 2.05) is 38.1 Å². The lowest BCUT2D eigenvalue weighted by Gasteiger charge is -2.34. The number of carbonyl (C=O) groups excluding carboxylic acids is 2. The van der Waals surface area contributed by atoms with Crippen molar-refractivity contribution in [3.05, 3.63) is 29.8 Å². The van der Waals surface area contributed by atoms with Crippen molar-refractivity contribution in [1.29, 1.82) is 0 Å². The monoisotopic (exact) mass is 289 g/mol. The van der Waals surface area contributed by atoms with E-state index in [0.29, 0.717) is 6.54 Å². The maximum absolute atomic E-state index is 12.6. The second-order valence-corrected chi connectivity index (χ2v) is 5.78. The molecular formula is C16H23N3O2. The maximum Gasteiger partial charge on any atom is 0.320 e. The fourth-order valence-electron chi connectivity index (χ4n) is 2.64. The van der Waals surface area contributed by atoms with E-state index in [0.717, 1.165) is 17.7 Å². The highest BCUT2D eigenvalue weighted by atomic mass is 16.2. The van der Waals surface area contributed by atoms with Crippen LogP contribution in [0, 0.1) is 5.92 Å². The van der Waals surface area contributed by atoms with Crippen molar-refractivity contribution in [2.45, 2.75) is 32.9 Å². The van der Waals surface area contributed by atoms with Crippen molar-refractivity contribution in [2.75, 3.05) is 19.4 Å². The summed E-state index contributed by atoms with van der Waals surface area (Å²) in [7, 11) is 3.43. The summed E-state index contributed by atoms with van der Waals surface area (Å²) in [4.78, 5) is 28.3.